The maximum absolute atomic E-state index is 9.15. The third-order valence-corrected chi connectivity index (χ3v) is 5.47. The number of aliphatic imine (C=N–C) groups is 1. The Kier molecular flexibility index (Phi) is 3.87. The number of nitriles is 1. The van der Waals surface area contributed by atoms with Gasteiger partial charge >= 0.3 is 0 Å². The van der Waals surface area contributed by atoms with E-state index >= 15 is 0 Å². The molecule has 1 aromatic carbocycles. The van der Waals surface area contributed by atoms with E-state index in [2.05, 4.69) is 13.0 Å². The smallest absolute Gasteiger partial charge is 0.154 e. The van der Waals surface area contributed by atoms with Crippen LogP contribution in [-0.2, 0) is 10.3 Å². The molecule has 1 fully saturated rings. The van der Waals surface area contributed by atoms with E-state index in [1.165, 1.54) is 0 Å². The Morgan fingerprint density at radius 2 is 2.38 bits per heavy atom. The highest BCUT2D eigenvalue weighted by molar-refractivity contribution is 8.13. The summed E-state index contributed by atoms with van der Waals surface area (Å²) in [6.45, 7) is 2.53. The zero-order valence-electron chi connectivity index (χ0n) is 11.7. The summed E-state index contributed by atoms with van der Waals surface area (Å²) in [6, 6.07) is 7.46. The molecule has 0 amide bonds. The van der Waals surface area contributed by atoms with E-state index in [1.807, 2.05) is 6.07 Å². The Labute approximate surface area is 133 Å². The lowest BCUT2D eigenvalue weighted by Gasteiger charge is -2.46. The van der Waals surface area contributed by atoms with Gasteiger partial charge in [-0.15, -0.1) is 0 Å². The Morgan fingerprint density at radius 3 is 3.14 bits per heavy atom. The molecule has 110 valence electrons. The summed E-state index contributed by atoms with van der Waals surface area (Å²) in [5.74, 6) is 1.21. The number of nitrogens with two attached hydrogens (primary N) is 1. The van der Waals surface area contributed by atoms with E-state index < -0.39 is 5.54 Å². The third kappa shape index (κ3) is 2.52. The summed E-state index contributed by atoms with van der Waals surface area (Å²) in [5.41, 5.74) is 6.83. The van der Waals surface area contributed by atoms with E-state index in [0.717, 1.165) is 17.7 Å². The van der Waals surface area contributed by atoms with Gasteiger partial charge in [-0.1, -0.05) is 23.4 Å². The summed E-state index contributed by atoms with van der Waals surface area (Å²) in [5, 5.41) is 10.3. The van der Waals surface area contributed by atoms with Crippen LogP contribution in [0.15, 0.2) is 23.2 Å². The van der Waals surface area contributed by atoms with Gasteiger partial charge in [0.1, 0.15) is 5.54 Å². The van der Waals surface area contributed by atoms with Gasteiger partial charge in [-0.3, -0.25) is 0 Å². The Morgan fingerprint density at radius 1 is 1.57 bits per heavy atom. The number of benzene rings is 1. The van der Waals surface area contributed by atoms with Crippen LogP contribution in [0.1, 0.15) is 24.5 Å². The van der Waals surface area contributed by atoms with Crippen LogP contribution in [0.4, 0.5) is 0 Å². The zero-order chi connectivity index (χ0) is 15.0. The number of rotatable bonds is 1. The number of amidine groups is 1. The van der Waals surface area contributed by atoms with Crippen LogP contribution < -0.4 is 5.73 Å². The van der Waals surface area contributed by atoms with Gasteiger partial charge in [-0.25, -0.2) is 4.99 Å². The molecule has 2 N–H and O–H groups in total. The van der Waals surface area contributed by atoms with Crippen LogP contribution in [0.2, 0.25) is 5.02 Å². The quantitative estimate of drug-likeness (QED) is 0.863. The van der Waals surface area contributed by atoms with Gasteiger partial charge in [0.25, 0.3) is 0 Å². The molecule has 0 bridgehead atoms. The predicted octanol–water partition coefficient (Wildman–Crippen LogP) is 2.89. The second-order valence-electron chi connectivity index (χ2n) is 5.55. The standard InChI is InChI=1S/C15H16ClN3OS/c1-9-4-11-7-21-14(18)19-15(11,8-20-9)12-5-10(6-17)2-3-13(12)16/h2-3,5,9,11H,4,7-8H2,1H3,(H2,18,19)/t9-,11-,15?/m0/s1. The van der Waals surface area contributed by atoms with Crippen molar-refractivity contribution in [3.8, 4) is 6.07 Å². The minimum atomic E-state index is -0.564. The first kappa shape index (κ1) is 14.7. The van der Waals surface area contributed by atoms with Crippen LogP contribution in [0.25, 0.3) is 0 Å². The molecule has 3 atom stereocenters. The second kappa shape index (κ2) is 5.53. The third-order valence-electron chi connectivity index (χ3n) is 4.18. The molecule has 2 aliphatic rings. The number of hydrogen-bond donors (Lipinski definition) is 1. The lowest BCUT2D eigenvalue weighted by molar-refractivity contribution is -0.0465. The van der Waals surface area contributed by atoms with Crippen LogP contribution in [0.3, 0.4) is 0 Å². The first-order valence-electron chi connectivity index (χ1n) is 6.85. The number of nitrogens with zero attached hydrogens (tertiary/aromatic N) is 2. The van der Waals surface area contributed by atoms with Crippen molar-refractivity contribution < 1.29 is 4.74 Å². The molecule has 0 saturated carbocycles. The lowest BCUT2D eigenvalue weighted by Crippen LogP contribution is -2.49. The molecule has 0 spiro atoms. The molecule has 1 aromatic rings. The molecular formula is C15H16ClN3OS. The molecule has 1 saturated heterocycles. The maximum Gasteiger partial charge on any atom is 0.154 e. The fourth-order valence-electron chi connectivity index (χ4n) is 3.08. The van der Waals surface area contributed by atoms with E-state index in [9.17, 15) is 0 Å². The number of fused-ring (bicyclic) bond motifs is 1. The second-order valence-corrected chi connectivity index (χ2v) is 6.99. The topological polar surface area (TPSA) is 71.4 Å². The first-order chi connectivity index (χ1) is 10.0. The normalized spacial score (nSPS) is 32.0. The van der Waals surface area contributed by atoms with Crippen LogP contribution in [0.5, 0.6) is 0 Å². The molecule has 0 aliphatic carbocycles. The van der Waals surface area contributed by atoms with Crippen LogP contribution >= 0.6 is 23.4 Å². The maximum atomic E-state index is 9.15. The highest BCUT2D eigenvalue weighted by atomic mass is 35.5. The molecule has 1 unspecified atom stereocenters. The average Bonchev–Trinajstić information content (AvgIpc) is 2.48. The van der Waals surface area contributed by atoms with Gasteiger partial charge in [0.2, 0.25) is 0 Å². The van der Waals surface area contributed by atoms with Crippen LogP contribution in [-0.4, -0.2) is 23.6 Å². The highest BCUT2D eigenvalue weighted by Gasteiger charge is 2.48. The van der Waals surface area contributed by atoms with Crippen molar-refractivity contribution in [3.05, 3.63) is 34.3 Å². The van der Waals surface area contributed by atoms with Gasteiger partial charge in [0.15, 0.2) is 5.17 Å². The number of thioether (sulfide) groups is 1. The van der Waals surface area contributed by atoms with E-state index in [4.69, 9.17) is 32.3 Å². The van der Waals surface area contributed by atoms with Crippen molar-refractivity contribution in [1.29, 1.82) is 5.26 Å². The molecular weight excluding hydrogens is 306 g/mol. The average molecular weight is 322 g/mol. The number of halogens is 1. The summed E-state index contributed by atoms with van der Waals surface area (Å²) < 4.78 is 5.87. The van der Waals surface area contributed by atoms with Crippen LogP contribution in [0, 0.1) is 17.2 Å². The van der Waals surface area contributed by atoms with Crippen molar-refractivity contribution >= 4 is 28.5 Å². The van der Waals surface area contributed by atoms with Crippen molar-refractivity contribution in [2.75, 3.05) is 12.4 Å². The van der Waals surface area contributed by atoms with Gasteiger partial charge in [0.05, 0.1) is 24.3 Å². The fraction of sp³-hybridized carbons (Fsp3) is 0.467. The van der Waals surface area contributed by atoms with Crippen molar-refractivity contribution in [2.24, 2.45) is 16.6 Å². The predicted molar refractivity (Wildman–Crippen MR) is 85.4 cm³/mol. The number of ether oxygens (including phenoxy) is 1. The summed E-state index contributed by atoms with van der Waals surface area (Å²) >= 11 is 7.98. The Hall–Kier alpha value is -1.22. The zero-order valence-corrected chi connectivity index (χ0v) is 13.2. The van der Waals surface area contributed by atoms with Gasteiger partial charge in [0, 0.05) is 22.3 Å². The van der Waals surface area contributed by atoms with Crippen molar-refractivity contribution in [3.63, 3.8) is 0 Å². The molecule has 0 radical (unpaired) electrons. The summed E-state index contributed by atoms with van der Waals surface area (Å²) in [6.07, 6.45) is 1.12. The van der Waals surface area contributed by atoms with Crippen molar-refractivity contribution in [1.82, 2.24) is 0 Å². The molecule has 4 nitrogen and oxygen atoms in total. The highest BCUT2D eigenvalue weighted by Crippen LogP contribution is 2.47. The van der Waals surface area contributed by atoms with Gasteiger partial charge in [-0.05, 0) is 31.5 Å². The van der Waals surface area contributed by atoms with E-state index in [0.29, 0.717) is 28.3 Å². The molecule has 2 aliphatic heterocycles. The molecule has 0 aromatic heterocycles. The fourth-order valence-corrected chi connectivity index (χ4v) is 4.37. The van der Waals surface area contributed by atoms with E-state index in [1.54, 1.807) is 23.9 Å². The monoisotopic (exact) mass is 321 g/mol. The van der Waals surface area contributed by atoms with Gasteiger partial charge in [-0.2, -0.15) is 5.26 Å². The Balaban J connectivity index is 2.15. The first-order valence-corrected chi connectivity index (χ1v) is 8.21. The molecule has 2 heterocycles. The summed E-state index contributed by atoms with van der Waals surface area (Å²) in [7, 11) is 0. The number of hydrogen-bond acceptors (Lipinski definition) is 5. The minimum absolute atomic E-state index is 0.205. The lowest BCUT2D eigenvalue weighted by atomic mass is 9.75. The molecule has 6 heteroatoms. The molecule has 3 rings (SSSR count). The molecule has 21 heavy (non-hydrogen) atoms. The van der Waals surface area contributed by atoms with Gasteiger partial charge < -0.3 is 10.5 Å². The summed E-state index contributed by atoms with van der Waals surface area (Å²) in [4.78, 5) is 4.72. The minimum Gasteiger partial charge on any atom is -0.379 e. The Bertz CT molecular complexity index is 642. The van der Waals surface area contributed by atoms with Crippen molar-refractivity contribution in [2.45, 2.75) is 25.0 Å². The SMILES string of the molecule is C[C@H]1C[C@H]2CSC(N)=NC2(c2cc(C#N)ccc2Cl)CO1. The largest absolute Gasteiger partial charge is 0.379 e. The van der Waals surface area contributed by atoms with E-state index in [-0.39, 0.29) is 6.10 Å².